The number of para-hydroxylation sites is 1. The second kappa shape index (κ2) is 5.68. The monoisotopic (exact) mass is 191 g/mol. The summed E-state index contributed by atoms with van der Waals surface area (Å²) in [4.78, 5) is 0. The minimum Gasteiger partial charge on any atom is -1.00 e. The normalized spacial score (nSPS) is 13.0. The predicted molar refractivity (Wildman–Crippen MR) is 48.4 cm³/mol. The Kier molecular flexibility index (Phi) is 5.71. The number of fused-ring (bicyclic) bond motifs is 1. The number of nitrogens with zero attached hydrogens (tertiary/aromatic N) is 1. The molecule has 3 heteroatoms. The van der Waals surface area contributed by atoms with Crippen LogP contribution < -0.4 is 12.4 Å². The molecule has 60 valence electrons. The molecule has 0 unspecified atom stereocenters. The molecule has 0 amide bonds. The van der Waals surface area contributed by atoms with Crippen LogP contribution >= 0.6 is 0 Å². The number of benzene rings is 1. The van der Waals surface area contributed by atoms with E-state index in [9.17, 15) is 0 Å². The third-order valence-corrected chi connectivity index (χ3v) is 1.88. The molecule has 2 rings (SSSR count). The summed E-state index contributed by atoms with van der Waals surface area (Å²) in [5.74, 6) is 0. The van der Waals surface area contributed by atoms with E-state index in [0.717, 1.165) is 6.54 Å². The molecule has 1 aliphatic heterocycles. The Morgan fingerprint density at radius 3 is 2.67 bits per heavy atom. The number of hydrogen-bond donors (Lipinski definition) is 0. The number of halogens is 1. The number of rotatable bonds is 0. The number of hydrogen-bond acceptors (Lipinski definition) is 0. The van der Waals surface area contributed by atoms with E-state index in [1.807, 2.05) is 6.07 Å². The average Bonchev–Trinajstić information content (AvgIpc) is 2.05. The van der Waals surface area contributed by atoms with Gasteiger partial charge in [-0.15, -0.1) is 12.2 Å². The van der Waals surface area contributed by atoms with Crippen LogP contribution in [0.3, 0.4) is 0 Å². The van der Waals surface area contributed by atoms with Gasteiger partial charge in [-0.1, -0.05) is 36.2 Å². The zero-order chi connectivity index (χ0) is 6.81. The van der Waals surface area contributed by atoms with Crippen LogP contribution in [-0.2, 0) is 6.42 Å². The third kappa shape index (κ3) is 2.54. The van der Waals surface area contributed by atoms with Gasteiger partial charge in [-0.3, -0.25) is 0 Å². The van der Waals surface area contributed by atoms with Crippen LogP contribution in [0.1, 0.15) is 12.0 Å². The molecule has 0 bridgehead atoms. The Labute approximate surface area is 95.5 Å². The maximum Gasteiger partial charge on any atom is 2.00 e. The van der Waals surface area contributed by atoms with Crippen LogP contribution in [0.4, 0.5) is 5.69 Å². The summed E-state index contributed by atoms with van der Waals surface area (Å²) in [5, 5.41) is 4.39. The summed E-state index contributed by atoms with van der Waals surface area (Å²) in [5.41, 5.74) is 2.61. The van der Waals surface area contributed by atoms with E-state index in [-0.39, 0.29) is 35.5 Å². The van der Waals surface area contributed by atoms with Crippen LogP contribution in [0.25, 0.3) is 5.32 Å². The summed E-state index contributed by atoms with van der Waals surface area (Å²) in [6.07, 6.45) is 2.43. The second-order valence-electron chi connectivity index (χ2n) is 2.61. The molecule has 1 heterocycles. The fourth-order valence-corrected chi connectivity index (χ4v) is 1.35. The van der Waals surface area contributed by atoms with Gasteiger partial charge in [0.15, 0.2) is 0 Å². The molecule has 1 aromatic carbocycles. The molecule has 0 fully saturated rings. The topological polar surface area (TPSA) is 14.1 Å². The minimum absolute atomic E-state index is 0. The van der Waals surface area contributed by atoms with Crippen molar-refractivity contribution in [2.75, 3.05) is 6.54 Å². The van der Waals surface area contributed by atoms with Gasteiger partial charge in [0.2, 0.25) is 0 Å². The Balaban J connectivity index is 0.000000605. The summed E-state index contributed by atoms with van der Waals surface area (Å²) in [6, 6.07) is 8.39. The average molecular weight is 192 g/mol. The first-order chi connectivity index (χ1) is 4.97. The maximum atomic E-state index is 4.39. The predicted octanol–water partition coefficient (Wildman–Crippen LogP) is -0.739. The van der Waals surface area contributed by atoms with Gasteiger partial charge in [-0.2, -0.15) is 0 Å². The maximum absolute atomic E-state index is 4.39. The van der Waals surface area contributed by atoms with Crippen molar-refractivity contribution in [1.29, 1.82) is 0 Å². The van der Waals surface area contributed by atoms with E-state index in [4.69, 9.17) is 0 Å². The van der Waals surface area contributed by atoms with Crippen molar-refractivity contribution in [3.63, 3.8) is 0 Å². The van der Waals surface area contributed by atoms with E-state index in [1.165, 1.54) is 24.1 Å². The molecular formula is C9H10ClMgN. The van der Waals surface area contributed by atoms with Crippen molar-refractivity contribution >= 4 is 28.7 Å². The van der Waals surface area contributed by atoms with Crippen LogP contribution in [0.15, 0.2) is 24.3 Å². The molecule has 1 aromatic rings. The second-order valence-corrected chi connectivity index (χ2v) is 2.61. The molecule has 0 saturated carbocycles. The standard InChI is InChI=1S/C9H10N.ClH.Mg/c1-2-6-9-8(4-1)5-3-7-10-9;;/h1-2,4,6H,3,5,7H2;1H;/q-1;;+2/p-1. The Hall–Kier alpha value is 0.0762. The van der Waals surface area contributed by atoms with Crippen molar-refractivity contribution in [2.24, 2.45) is 0 Å². The van der Waals surface area contributed by atoms with Crippen LogP contribution in [0.2, 0.25) is 0 Å². The third-order valence-electron chi connectivity index (χ3n) is 1.88. The summed E-state index contributed by atoms with van der Waals surface area (Å²) in [6.45, 7) is 1.01. The molecule has 1 nitrogen and oxygen atoms in total. The van der Waals surface area contributed by atoms with E-state index >= 15 is 0 Å². The zero-order valence-corrected chi connectivity index (χ0v) is 9.13. The summed E-state index contributed by atoms with van der Waals surface area (Å²) >= 11 is 0. The molecule has 0 saturated heterocycles. The summed E-state index contributed by atoms with van der Waals surface area (Å²) in [7, 11) is 0. The van der Waals surface area contributed by atoms with Crippen LogP contribution in [0, 0.1) is 0 Å². The van der Waals surface area contributed by atoms with Gasteiger partial charge in [-0.25, -0.2) is 0 Å². The van der Waals surface area contributed by atoms with Crippen LogP contribution in [-0.4, -0.2) is 29.6 Å². The molecule has 1 aliphatic rings. The van der Waals surface area contributed by atoms with Crippen LogP contribution in [0.5, 0.6) is 0 Å². The smallest absolute Gasteiger partial charge is 1.00 e. The van der Waals surface area contributed by atoms with Crippen molar-refractivity contribution < 1.29 is 12.4 Å². The quantitative estimate of drug-likeness (QED) is 0.480. The van der Waals surface area contributed by atoms with Gasteiger partial charge >= 0.3 is 23.1 Å². The fraction of sp³-hybridized carbons (Fsp3) is 0.333. The molecule has 0 aliphatic carbocycles. The van der Waals surface area contributed by atoms with Crippen molar-refractivity contribution in [2.45, 2.75) is 12.8 Å². The first-order valence-electron chi connectivity index (χ1n) is 3.72. The SMILES string of the molecule is [Cl-].[Mg+2].c1ccc2c(c1)CCC[N-]2. The van der Waals surface area contributed by atoms with E-state index in [1.54, 1.807) is 0 Å². The Bertz CT molecular complexity index is 215. The van der Waals surface area contributed by atoms with E-state index in [2.05, 4.69) is 23.5 Å². The van der Waals surface area contributed by atoms with E-state index < -0.39 is 0 Å². The minimum atomic E-state index is 0. The molecular weight excluding hydrogens is 182 g/mol. The van der Waals surface area contributed by atoms with Gasteiger partial charge in [0.1, 0.15) is 0 Å². The van der Waals surface area contributed by atoms with Gasteiger partial charge in [-0.05, 0) is 6.42 Å². The first kappa shape index (κ1) is 12.1. The van der Waals surface area contributed by atoms with E-state index in [0.29, 0.717) is 0 Å². The van der Waals surface area contributed by atoms with Gasteiger partial charge in [0.25, 0.3) is 0 Å². The molecule has 0 radical (unpaired) electrons. The molecule has 0 spiro atoms. The first-order valence-corrected chi connectivity index (χ1v) is 3.72. The fourth-order valence-electron chi connectivity index (χ4n) is 1.35. The van der Waals surface area contributed by atoms with Gasteiger partial charge in [0, 0.05) is 0 Å². The van der Waals surface area contributed by atoms with Crippen molar-refractivity contribution in [1.82, 2.24) is 0 Å². The van der Waals surface area contributed by atoms with Crippen molar-refractivity contribution in [3.8, 4) is 0 Å². The molecule has 0 aromatic heterocycles. The Morgan fingerprint density at radius 1 is 1.17 bits per heavy atom. The summed E-state index contributed by atoms with van der Waals surface area (Å²) < 4.78 is 0. The molecule has 12 heavy (non-hydrogen) atoms. The number of aryl methyl sites for hydroxylation is 1. The molecule has 0 N–H and O–H groups in total. The van der Waals surface area contributed by atoms with Crippen molar-refractivity contribution in [3.05, 3.63) is 35.1 Å². The van der Waals surface area contributed by atoms with Gasteiger partial charge in [0.05, 0.1) is 0 Å². The zero-order valence-electron chi connectivity index (χ0n) is 6.96. The molecule has 0 atom stereocenters. The Morgan fingerprint density at radius 2 is 1.92 bits per heavy atom. The van der Waals surface area contributed by atoms with Gasteiger partial charge < -0.3 is 17.7 Å². The largest absolute Gasteiger partial charge is 2.00 e.